The van der Waals surface area contributed by atoms with E-state index in [1.807, 2.05) is 48.5 Å². The highest BCUT2D eigenvalue weighted by atomic mass is 16.4. The number of aliphatic hydroxyl groups is 1. The number of hydrogen-bond acceptors (Lipinski definition) is 8. The molecule has 0 unspecified atom stereocenters. The molecule has 1 aliphatic carbocycles. The summed E-state index contributed by atoms with van der Waals surface area (Å²) in [6.45, 7) is 0.579. The number of carbonyl (C=O) groups excluding carboxylic acids is 1. The minimum absolute atomic E-state index is 0.0685. The van der Waals surface area contributed by atoms with Crippen molar-refractivity contribution in [2.75, 3.05) is 16.8 Å². The molecule has 270 valence electrons. The maximum Gasteiger partial charge on any atom is 0.412 e. The number of carboxylic acid groups (broad SMARTS) is 1. The minimum atomic E-state index is -0.982. The highest BCUT2D eigenvalue weighted by Crippen LogP contribution is 2.36. The molecular formula is C40H44N6O6. The summed E-state index contributed by atoms with van der Waals surface area (Å²) in [6.07, 6.45) is 4.16. The van der Waals surface area contributed by atoms with E-state index in [4.69, 9.17) is 5.73 Å². The molecule has 6 rings (SSSR count). The number of aryl methyl sites for hydroxylation is 1. The van der Waals surface area contributed by atoms with E-state index in [0.29, 0.717) is 60.2 Å². The van der Waals surface area contributed by atoms with Gasteiger partial charge in [-0.2, -0.15) is 0 Å². The highest BCUT2D eigenvalue weighted by molar-refractivity contribution is 5.94. The number of nitrogens with zero attached hydrogens (tertiary/aromatic N) is 2. The fourth-order valence-electron chi connectivity index (χ4n) is 6.89. The van der Waals surface area contributed by atoms with Gasteiger partial charge >= 0.3 is 6.09 Å². The fourth-order valence-corrected chi connectivity index (χ4v) is 6.89. The Morgan fingerprint density at radius 3 is 2.50 bits per heavy atom. The summed E-state index contributed by atoms with van der Waals surface area (Å²) in [5, 5.41) is 37.9. The van der Waals surface area contributed by atoms with E-state index in [1.165, 1.54) is 17.0 Å². The SMILES string of the molecule is NC1CCC(N(C(=O)O)c2cc(CCCC(=O)Nc3ccc(CNC[C@@H](O)c4ccc(O)c5[nH]c(=O)ccc45)nc3)ccc2-c2ccccc2)CC1. The van der Waals surface area contributed by atoms with Crippen molar-refractivity contribution in [3.8, 4) is 16.9 Å². The number of rotatable bonds is 13. The molecule has 1 fully saturated rings. The summed E-state index contributed by atoms with van der Waals surface area (Å²) in [5.74, 6) is -0.217. The molecule has 0 aliphatic heterocycles. The lowest BCUT2D eigenvalue weighted by atomic mass is 9.89. The maximum atomic E-state index is 12.8. The lowest BCUT2D eigenvalue weighted by Gasteiger charge is -2.35. The number of phenolic OH excluding ortho intramolecular Hbond substituents is 1. The Morgan fingerprint density at radius 2 is 1.77 bits per heavy atom. The van der Waals surface area contributed by atoms with Gasteiger partial charge in [0.2, 0.25) is 11.5 Å². The van der Waals surface area contributed by atoms with E-state index in [1.54, 1.807) is 30.5 Å². The third kappa shape index (κ3) is 8.83. The van der Waals surface area contributed by atoms with Gasteiger partial charge in [0.15, 0.2) is 0 Å². The van der Waals surface area contributed by atoms with Crippen molar-refractivity contribution in [3.63, 3.8) is 0 Å². The molecule has 1 saturated carbocycles. The molecule has 2 heterocycles. The molecule has 12 heteroatoms. The van der Waals surface area contributed by atoms with Crippen molar-refractivity contribution < 1.29 is 24.9 Å². The zero-order valence-corrected chi connectivity index (χ0v) is 28.8. The Labute approximate surface area is 301 Å². The quantitative estimate of drug-likeness (QED) is 0.0789. The van der Waals surface area contributed by atoms with Gasteiger partial charge in [-0.1, -0.05) is 48.5 Å². The standard InChI is InChI=1S/C40H44N6O6/c41-27-10-14-30(15-11-27)46(40(51)52)34-21-25(9-16-31(34)26-6-2-1-3-7-26)5-4-8-37(49)44-29-13-12-28(43-23-29)22-42-24-36(48)32-17-19-35(47)39-33(32)18-20-38(50)45-39/h1-3,6-7,9,12-13,16-21,23,27,30,36,42,47-48H,4-5,8,10-11,14-15,22,24,41H2,(H,44,49)(H,45,50)(H,51,52)/t27?,30?,36-/m1/s1. The molecule has 2 amide bonds. The Hall–Kier alpha value is -5.56. The Bertz CT molecular complexity index is 2060. The largest absolute Gasteiger partial charge is 0.506 e. The van der Waals surface area contributed by atoms with E-state index in [2.05, 4.69) is 20.6 Å². The third-order valence-corrected chi connectivity index (χ3v) is 9.61. The molecular weight excluding hydrogens is 660 g/mol. The average Bonchev–Trinajstić information content (AvgIpc) is 3.14. The molecule has 5 aromatic rings. The third-order valence-electron chi connectivity index (χ3n) is 9.61. The van der Waals surface area contributed by atoms with Gasteiger partial charge in [0, 0.05) is 48.6 Å². The van der Waals surface area contributed by atoms with E-state index in [0.717, 1.165) is 29.5 Å². The number of benzene rings is 3. The van der Waals surface area contributed by atoms with Crippen LogP contribution in [-0.4, -0.2) is 55.9 Å². The molecule has 8 N–H and O–H groups in total. The second-order valence-electron chi connectivity index (χ2n) is 13.3. The number of anilines is 2. The number of nitrogens with two attached hydrogens (primary N) is 1. The van der Waals surface area contributed by atoms with Gasteiger partial charge in [-0.3, -0.25) is 19.5 Å². The van der Waals surface area contributed by atoms with Crippen molar-refractivity contribution >= 4 is 34.3 Å². The van der Waals surface area contributed by atoms with Crippen LogP contribution in [0.25, 0.3) is 22.0 Å². The fraction of sp³-hybridized carbons (Fsp3) is 0.300. The molecule has 1 aliphatic rings. The average molecular weight is 705 g/mol. The molecule has 0 radical (unpaired) electrons. The second kappa shape index (κ2) is 16.6. The van der Waals surface area contributed by atoms with Crippen LogP contribution in [0.3, 0.4) is 0 Å². The predicted octanol–water partition coefficient (Wildman–Crippen LogP) is 5.83. The van der Waals surface area contributed by atoms with Gasteiger partial charge < -0.3 is 36.7 Å². The predicted molar refractivity (Wildman–Crippen MR) is 201 cm³/mol. The topological polar surface area (TPSA) is 194 Å². The van der Waals surface area contributed by atoms with Crippen molar-refractivity contribution in [2.45, 2.75) is 69.7 Å². The number of aromatic hydroxyl groups is 1. The van der Waals surface area contributed by atoms with E-state index in [-0.39, 0.29) is 47.8 Å². The van der Waals surface area contributed by atoms with Gasteiger partial charge in [-0.25, -0.2) is 4.79 Å². The first-order valence-corrected chi connectivity index (χ1v) is 17.6. The number of carbonyl (C=O) groups is 2. The molecule has 1 atom stereocenters. The lowest BCUT2D eigenvalue weighted by Crippen LogP contribution is -2.44. The number of phenols is 1. The summed E-state index contributed by atoms with van der Waals surface area (Å²) in [7, 11) is 0. The van der Waals surface area contributed by atoms with Crippen LogP contribution in [0.15, 0.2) is 95.9 Å². The van der Waals surface area contributed by atoms with Gasteiger partial charge in [0.05, 0.1) is 34.9 Å². The Kier molecular flexibility index (Phi) is 11.6. The summed E-state index contributed by atoms with van der Waals surface area (Å²) < 4.78 is 0. The van der Waals surface area contributed by atoms with E-state index < -0.39 is 12.2 Å². The smallest absolute Gasteiger partial charge is 0.412 e. The lowest BCUT2D eigenvalue weighted by molar-refractivity contribution is -0.116. The number of pyridine rings is 2. The maximum absolute atomic E-state index is 12.8. The van der Waals surface area contributed by atoms with Gasteiger partial charge in [0.25, 0.3) is 0 Å². The number of aromatic nitrogens is 2. The van der Waals surface area contributed by atoms with Crippen LogP contribution in [0.4, 0.5) is 16.2 Å². The number of hydrogen-bond donors (Lipinski definition) is 7. The zero-order valence-electron chi connectivity index (χ0n) is 28.8. The molecule has 0 bridgehead atoms. The summed E-state index contributed by atoms with van der Waals surface area (Å²) in [6, 6.07) is 25.2. The first kappa shape index (κ1) is 36.2. The Balaban J connectivity index is 1.02. The number of aliphatic hydroxyl groups excluding tert-OH is 1. The first-order chi connectivity index (χ1) is 25.2. The van der Waals surface area contributed by atoms with Crippen molar-refractivity contribution in [1.82, 2.24) is 15.3 Å². The normalized spacial score (nSPS) is 16.3. The minimum Gasteiger partial charge on any atom is -0.506 e. The van der Waals surface area contributed by atoms with Gasteiger partial charge in [0.1, 0.15) is 5.75 Å². The molecule has 12 nitrogen and oxygen atoms in total. The summed E-state index contributed by atoms with van der Waals surface area (Å²) in [4.78, 5) is 45.7. The number of H-pyrrole nitrogens is 1. The molecule has 52 heavy (non-hydrogen) atoms. The highest BCUT2D eigenvalue weighted by Gasteiger charge is 2.30. The molecule has 2 aromatic heterocycles. The van der Waals surface area contributed by atoms with Gasteiger partial charge in [-0.15, -0.1) is 0 Å². The van der Waals surface area contributed by atoms with E-state index >= 15 is 0 Å². The van der Waals surface area contributed by atoms with E-state index in [9.17, 15) is 29.7 Å². The molecule has 3 aromatic carbocycles. The number of amides is 2. The van der Waals surface area contributed by atoms with Crippen LogP contribution in [-0.2, 0) is 17.8 Å². The van der Waals surface area contributed by atoms with Crippen molar-refractivity contribution in [1.29, 1.82) is 0 Å². The number of fused-ring (bicyclic) bond motifs is 1. The summed E-state index contributed by atoms with van der Waals surface area (Å²) >= 11 is 0. The molecule has 0 saturated heterocycles. The van der Waals surface area contributed by atoms with Crippen LogP contribution in [0.1, 0.15) is 61.4 Å². The van der Waals surface area contributed by atoms with Crippen LogP contribution < -0.4 is 26.8 Å². The van der Waals surface area contributed by atoms with Crippen LogP contribution in [0, 0.1) is 0 Å². The second-order valence-corrected chi connectivity index (χ2v) is 13.3. The first-order valence-electron chi connectivity index (χ1n) is 17.6. The van der Waals surface area contributed by atoms with Crippen LogP contribution >= 0.6 is 0 Å². The van der Waals surface area contributed by atoms with Crippen molar-refractivity contribution in [3.05, 3.63) is 118 Å². The Morgan fingerprint density at radius 1 is 0.981 bits per heavy atom. The number of aromatic amines is 1. The summed E-state index contributed by atoms with van der Waals surface area (Å²) in [5.41, 5.74) is 11.3. The van der Waals surface area contributed by atoms with Crippen molar-refractivity contribution in [2.24, 2.45) is 5.73 Å². The van der Waals surface area contributed by atoms with Gasteiger partial charge in [-0.05, 0) is 85.5 Å². The van der Waals surface area contributed by atoms with Crippen LogP contribution in [0.2, 0.25) is 0 Å². The monoisotopic (exact) mass is 704 g/mol. The number of nitrogens with one attached hydrogen (secondary N) is 3. The molecule has 0 spiro atoms. The zero-order chi connectivity index (χ0) is 36.6. The van der Waals surface area contributed by atoms with Crippen LogP contribution in [0.5, 0.6) is 5.75 Å².